The molecule has 3 rings (SSSR count). The predicted molar refractivity (Wildman–Crippen MR) is 116 cm³/mol. The first kappa shape index (κ1) is 23.6. The molecule has 0 aromatic heterocycles. The molecule has 2 aromatic carbocycles. The standard InChI is InChI=1S/C23H26F3N3O3/c1-32-14-4-11-27-22(31)19-15-18(9-10-20(19)29-12-2-3-13-29)28-21(30)16-5-7-17(8-6-16)23(24,25)26/h5-10,15H,2-4,11-14H2,1H3,(H,27,31)(H,28,30). The van der Waals surface area contributed by atoms with Crippen LogP contribution in [0.4, 0.5) is 24.5 Å². The molecule has 172 valence electrons. The number of benzene rings is 2. The van der Waals surface area contributed by atoms with Gasteiger partial charge in [0.1, 0.15) is 0 Å². The fourth-order valence-corrected chi connectivity index (χ4v) is 3.56. The Balaban J connectivity index is 1.77. The summed E-state index contributed by atoms with van der Waals surface area (Å²) in [5, 5.41) is 5.53. The summed E-state index contributed by atoms with van der Waals surface area (Å²) in [6.07, 6.45) is -1.71. The third-order valence-electron chi connectivity index (χ3n) is 5.23. The van der Waals surface area contributed by atoms with Gasteiger partial charge in [0.15, 0.2) is 0 Å². The van der Waals surface area contributed by atoms with Crippen molar-refractivity contribution in [1.29, 1.82) is 0 Å². The molecule has 2 amide bonds. The lowest BCUT2D eigenvalue weighted by Crippen LogP contribution is -2.29. The van der Waals surface area contributed by atoms with Gasteiger partial charge >= 0.3 is 6.18 Å². The van der Waals surface area contributed by atoms with Crippen LogP contribution in [0.2, 0.25) is 0 Å². The van der Waals surface area contributed by atoms with E-state index >= 15 is 0 Å². The minimum Gasteiger partial charge on any atom is -0.385 e. The van der Waals surface area contributed by atoms with Crippen LogP contribution >= 0.6 is 0 Å². The number of nitrogens with one attached hydrogen (secondary N) is 2. The highest BCUT2D eigenvalue weighted by molar-refractivity contribution is 6.06. The van der Waals surface area contributed by atoms with Crippen LogP contribution in [0.5, 0.6) is 0 Å². The van der Waals surface area contributed by atoms with Crippen LogP contribution in [0.1, 0.15) is 45.5 Å². The molecule has 1 aliphatic rings. The van der Waals surface area contributed by atoms with Crippen molar-refractivity contribution >= 4 is 23.2 Å². The van der Waals surface area contributed by atoms with Crippen LogP contribution in [0.25, 0.3) is 0 Å². The average molecular weight is 449 g/mol. The predicted octanol–water partition coefficient (Wildman–Crippen LogP) is 4.32. The number of halogens is 3. The molecule has 0 aliphatic carbocycles. The van der Waals surface area contributed by atoms with Gasteiger partial charge in [0.05, 0.1) is 11.1 Å². The summed E-state index contributed by atoms with van der Waals surface area (Å²) < 4.78 is 43.2. The summed E-state index contributed by atoms with van der Waals surface area (Å²) in [7, 11) is 1.59. The molecule has 0 saturated carbocycles. The second kappa shape index (κ2) is 10.5. The normalized spacial score (nSPS) is 13.8. The summed E-state index contributed by atoms with van der Waals surface area (Å²) in [6.45, 7) is 2.68. The highest BCUT2D eigenvalue weighted by Gasteiger charge is 2.30. The monoisotopic (exact) mass is 449 g/mol. The number of rotatable bonds is 8. The zero-order valence-electron chi connectivity index (χ0n) is 17.8. The number of methoxy groups -OCH3 is 1. The van der Waals surface area contributed by atoms with Gasteiger partial charge in [-0.1, -0.05) is 0 Å². The van der Waals surface area contributed by atoms with Crippen molar-refractivity contribution in [2.75, 3.05) is 43.6 Å². The Labute approximate surface area is 184 Å². The Morgan fingerprint density at radius 3 is 2.34 bits per heavy atom. The summed E-state index contributed by atoms with van der Waals surface area (Å²) in [4.78, 5) is 27.5. The van der Waals surface area contributed by atoms with Crippen LogP contribution in [-0.4, -0.2) is 45.2 Å². The zero-order valence-corrected chi connectivity index (χ0v) is 17.8. The van der Waals surface area contributed by atoms with E-state index in [1.54, 1.807) is 25.3 Å². The summed E-state index contributed by atoms with van der Waals surface area (Å²) in [5.74, 6) is -0.812. The van der Waals surface area contributed by atoms with Crippen molar-refractivity contribution in [1.82, 2.24) is 5.32 Å². The molecule has 0 bridgehead atoms. The van der Waals surface area contributed by atoms with E-state index in [2.05, 4.69) is 15.5 Å². The first-order valence-electron chi connectivity index (χ1n) is 10.4. The average Bonchev–Trinajstić information content (AvgIpc) is 3.31. The Morgan fingerprint density at radius 2 is 1.72 bits per heavy atom. The van der Waals surface area contributed by atoms with Crippen molar-refractivity contribution in [2.24, 2.45) is 0 Å². The Kier molecular flexibility index (Phi) is 7.74. The van der Waals surface area contributed by atoms with Crippen molar-refractivity contribution in [2.45, 2.75) is 25.4 Å². The third-order valence-corrected chi connectivity index (χ3v) is 5.23. The second-order valence-electron chi connectivity index (χ2n) is 7.56. The van der Waals surface area contributed by atoms with Gasteiger partial charge in [-0.2, -0.15) is 13.2 Å². The molecule has 2 N–H and O–H groups in total. The fraction of sp³-hybridized carbons (Fsp3) is 0.391. The number of nitrogens with zero attached hydrogens (tertiary/aromatic N) is 1. The second-order valence-corrected chi connectivity index (χ2v) is 7.56. The van der Waals surface area contributed by atoms with Crippen LogP contribution in [-0.2, 0) is 10.9 Å². The highest BCUT2D eigenvalue weighted by atomic mass is 19.4. The van der Waals surface area contributed by atoms with Gasteiger partial charge in [-0.05, 0) is 61.7 Å². The molecular weight excluding hydrogens is 423 g/mol. The number of amides is 2. The van der Waals surface area contributed by atoms with E-state index in [4.69, 9.17) is 4.74 Å². The molecule has 32 heavy (non-hydrogen) atoms. The van der Waals surface area contributed by atoms with Gasteiger partial charge in [-0.3, -0.25) is 9.59 Å². The van der Waals surface area contributed by atoms with Crippen molar-refractivity contribution in [3.63, 3.8) is 0 Å². The molecule has 0 atom stereocenters. The Hall–Kier alpha value is -3.07. The molecule has 9 heteroatoms. The number of anilines is 2. The number of hydrogen-bond acceptors (Lipinski definition) is 4. The maximum absolute atomic E-state index is 12.8. The lowest BCUT2D eigenvalue weighted by atomic mass is 10.1. The van der Waals surface area contributed by atoms with E-state index in [0.717, 1.165) is 55.9 Å². The Morgan fingerprint density at radius 1 is 1.03 bits per heavy atom. The zero-order chi connectivity index (χ0) is 23.1. The van der Waals surface area contributed by atoms with Gasteiger partial charge in [0, 0.05) is 50.3 Å². The lowest BCUT2D eigenvalue weighted by Gasteiger charge is -2.22. The van der Waals surface area contributed by atoms with Crippen LogP contribution in [0.3, 0.4) is 0 Å². The highest BCUT2D eigenvalue weighted by Crippen LogP contribution is 2.30. The maximum atomic E-state index is 12.8. The third kappa shape index (κ3) is 6.00. The summed E-state index contributed by atoms with van der Waals surface area (Å²) >= 11 is 0. The molecule has 1 saturated heterocycles. The van der Waals surface area contributed by atoms with E-state index in [1.807, 2.05) is 0 Å². The minimum atomic E-state index is -4.47. The van der Waals surface area contributed by atoms with Crippen LogP contribution < -0.4 is 15.5 Å². The molecular formula is C23H26F3N3O3. The van der Waals surface area contributed by atoms with E-state index in [1.165, 1.54) is 0 Å². The smallest absolute Gasteiger partial charge is 0.385 e. The first-order valence-corrected chi connectivity index (χ1v) is 10.4. The van der Waals surface area contributed by atoms with E-state index in [0.29, 0.717) is 30.8 Å². The van der Waals surface area contributed by atoms with Gasteiger partial charge in [0.25, 0.3) is 11.8 Å². The van der Waals surface area contributed by atoms with Crippen LogP contribution in [0, 0.1) is 0 Å². The SMILES string of the molecule is COCCCNC(=O)c1cc(NC(=O)c2ccc(C(F)(F)F)cc2)ccc1N1CCCC1. The molecule has 6 nitrogen and oxygen atoms in total. The van der Waals surface area contributed by atoms with Gasteiger partial charge < -0.3 is 20.3 Å². The molecule has 1 heterocycles. The van der Waals surface area contributed by atoms with E-state index in [-0.39, 0.29) is 11.5 Å². The van der Waals surface area contributed by atoms with Crippen molar-refractivity contribution < 1.29 is 27.5 Å². The largest absolute Gasteiger partial charge is 0.416 e. The molecule has 0 unspecified atom stereocenters. The topological polar surface area (TPSA) is 70.7 Å². The first-order chi connectivity index (χ1) is 15.3. The van der Waals surface area contributed by atoms with Crippen molar-refractivity contribution in [3.05, 3.63) is 59.2 Å². The van der Waals surface area contributed by atoms with Gasteiger partial charge in [0.2, 0.25) is 0 Å². The van der Waals surface area contributed by atoms with E-state index < -0.39 is 17.6 Å². The number of carbonyl (C=O) groups is 2. The summed E-state index contributed by atoms with van der Waals surface area (Å²) in [5.41, 5.74) is 0.886. The maximum Gasteiger partial charge on any atom is 0.416 e. The minimum absolute atomic E-state index is 0.0900. The van der Waals surface area contributed by atoms with Gasteiger partial charge in [-0.25, -0.2) is 0 Å². The number of alkyl halides is 3. The Bertz CT molecular complexity index is 940. The molecule has 2 aromatic rings. The van der Waals surface area contributed by atoms with Gasteiger partial charge in [-0.15, -0.1) is 0 Å². The molecule has 1 fully saturated rings. The number of carbonyl (C=O) groups excluding carboxylic acids is 2. The fourth-order valence-electron chi connectivity index (χ4n) is 3.56. The van der Waals surface area contributed by atoms with Crippen molar-refractivity contribution in [3.8, 4) is 0 Å². The molecule has 0 radical (unpaired) electrons. The lowest BCUT2D eigenvalue weighted by molar-refractivity contribution is -0.137. The molecule has 1 aliphatic heterocycles. The quantitative estimate of drug-likeness (QED) is 0.589. The summed E-state index contributed by atoms with van der Waals surface area (Å²) in [6, 6.07) is 9.06. The number of hydrogen-bond donors (Lipinski definition) is 2. The van der Waals surface area contributed by atoms with E-state index in [9.17, 15) is 22.8 Å². The number of ether oxygens (including phenoxy) is 1. The molecule has 0 spiro atoms. The van der Waals surface area contributed by atoms with Crippen LogP contribution in [0.15, 0.2) is 42.5 Å².